The fourth-order valence-electron chi connectivity index (χ4n) is 1.72. The molecule has 0 radical (unpaired) electrons. The first-order valence-electron chi connectivity index (χ1n) is 6.56. The maximum atomic E-state index is 8.76. The lowest BCUT2D eigenvalue weighted by atomic mass is 10.2. The van der Waals surface area contributed by atoms with E-state index in [2.05, 4.69) is 21.2 Å². The van der Waals surface area contributed by atoms with Crippen molar-refractivity contribution in [1.29, 1.82) is 0 Å². The molecule has 5 heteroatoms. The van der Waals surface area contributed by atoms with Crippen LogP contribution in [0.15, 0.2) is 16.6 Å². The molecule has 0 saturated carbocycles. The van der Waals surface area contributed by atoms with Crippen molar-refractivity contribution in [2.24, 2.45) is 0 Å². The zero-order valence-corrected chi connectivity index (χ0v) is 13.1. The Morgan fingerprint density at radius 2 is 2.05 bits per heavy atom. The van der Waals surface area contributed by atoms with Crippen LogP contribution >= 0.6 is 15.9 Å². The predicted molar refractivity (Wildman–Crippen MR) is 79.9 cm³/mol. The minimum absolute atomic E-state index is 0.198. The first-order chi connectivity index (χ1) is 9.22. The van der Waals surface area contributed by atoms with E-state index in [0.29, 0.717) is 13.2 Å². The van der Waals surface area contributed by atoms with E-state index in [9.17, 15) is 0 Å². The van der Waals surface area contributed by atoms with Crippen molar-refractivity contribution in [3.8, 4) is 11.5 Å². The molecule has 0 unspecified atom stereocenters. The van der Waals surface area contributed by atoms with Crippen LogP contribution in [0, 0.1) is 0 Å². The van der Waals surface area contributed by atoms with E-state index in [4.69, 9.17) is 14.6 Å². The molecule has 4 nitrogen and oxygen atoms in total. The average molecular weight is 332 g/mol. The van der Waals surface area contributed by atoms with Crippen LogP contribution in [-0.2, 0) is 6.54 Å². The number of hydrogen-bond donors (Lipinski definition) is 2. The van der Waals surface area contributed by atoms with Crippen molar-refractivity contribution in [2.45, 2.75) is 26.3 Å². The zero-order chi connectivity index (χ0) is 14.1. The van der Waals surface area contributed by atoms with E-state index in [0.717, 1.165) is 40.9 Å². The maximum Gasteiger partial charge on any atom is 0.175 e. The van der Waals surface area contributed by atoms with Crippen molar-refractivity contribution in [2.75, 3.05) is 26.9 Å². The fraction of sp³-hybridized carbons (Fsp3) is 0.571. The average Bonchev–Trinajstić information content (AvgIpc) is 2.38. The van der Waals surface area contributed by atoms with Crippen LogP contribution in [0.25, 0.3) is 0 Å². The largest absolute Gasteiger partial charge is 0.490 e. The highest BCUT2D eigenvalue weighted by atomic mass is 79.9. The van der Waals surface area contributed by atoms with Gasteiger partial charge in [0, 0.05) is 13.2 Å². The van der Waals surface area contributed by atoms with Crippen molar-refractivity contribution in [1.82, 2.24) is 5.32 Å². The van der Waals surface area contributed by atoms with Crippen LogP contribution in [0.2, 0.25) is 0 Å². The molecule has 1 rings (SSSR count). The second-order valence-electron chi connectivity index (χ2n) is 4.15. The summed E-state index contributed by atoms with van der Waals surface area (Å²) in [6.45, 7) is 4.11. The minimum Gasteiger partial charge on any atom is -0.490 e. The third kappa shape index (κ3) is 5.38. The van der Waals surface area contributed by atoms with E-state index >= 15 is 0 Å². The lowest BCUT2D eigenvalue weighted by Gasteiger charge is -2.15. The summed E-state index contributed by atoms with van der Waals surface area (Å²) >= 11 is 3.52. The van der Waals surface area contributed by atoms with Gasteiger partial charge in [-0.15, -0.1) is 0 Å². The van der Waals surface area contributed by atoms with Crippen molar-refractivity contribution >= 4 is 15.9 Å². The lowest BCUT2D eigenvalue weighted by Crippen LogP contribution is -2.07. The van der Waals surface area contributed by atoms with Crippen LogP contribution in [0.4, 0.5) is 0 Å². The molecule has 1 aromatic rings. The summed E-state index contributed by atoms with van der Waals surface area (Å²) in [5.41, 5.74) is 1.14. The third-order valence-corrected chi connectivity index (χ3v) is 3.14. The van der Waals surface area contributed by atoms with Gasteiger partial charge in [0.25, 0.3) is 0 Å². The predicted octanol–water partition coefficient (Wildman–Crippen LogP) is 2.72. The number of benzene rings is 1. The van der Waals surface area contributed by atoms with Gasteiger partial charge < -0.3 is 19.9 Å². The number of halogens is 1. The van der Waals surface area contributed by atoms with E-state index in [1.165, 1.54) is 0 Å². The Morgan fingerprint density at radius 1 is 1.26 bits per heavy atom. The molecule has 19 heavy (non-hydrogen) atoms. The molecule has 1 aromatic carbocycles. The van der Waals surface area contributed by atoms with Crippen molar-refractivity contribution < 1.29 is 14.6 Å². The molecular weight excluding hydrogens is 310 g/mol. The van der Waals surface area contributed by atoms with Crippen LogP contribution in [0.5, 0.6) is 11.5 Å². The monoisotopic (exact) mass is 331 g/mol. The summed E-state index contributed by atoms with van der Waals surface area (Å²) < 4.78 is 12.3. The SMILES string of the molecule is CCOc1cc(CNC)cc(Br)c1OCCCCO. The Bertz CT molecular complexity index is 385. The summed E-state index contributed by atoms with van der Waals surface area (Å²) in [4.78, 5) is 0. The summed E-state index contributed by atoms with van der Waals surface area (Å²) in [5.74, 6) is 1.49. The van der Waals surface area contributed by atoms with Crippen molar-refractivity contribution in [3.63, 3.8) is 0 Å². The number of aliphatic hydroxyl groups is 1. The number of aliphatic hydroxyl groups excluding tert-OH is 1. The van der Waals surface area contributed by atoms with Gasteiger partial charge in [0.2, 0.25) is 0 Å². The Morgan fingerprint density at radius 3 is 2.68 bits per heavy atom. The highest BCUT2D eigenvalue weighted by Gasteiger charge is 2.12. The molecule has 0 atom stereocenters. The Kier molecular flexibility index (Phi) is 7.86. The molecule has 0 spiro atoms. The molecule has 0 saturated heterocycles. The molecule has 0 aliphatic heterocycles. The second kappa shape index (κ2) is 9.18. The number of ether oxygens (including phenoxy) is 2. The molecule has 0 bridgehead atoms. The second-order valence-corrected chi connectivity index (χ2v) is 5.00. The summed E-state index contributed by atoms with van der Waals surface area (Å²) in [7, 11) is 1.91. The van der Waals surface area contributed by atoms with Gasteiger partial charge in [0.15, 0.2) is 11.5 Å². The minimum atomic E-state index is 0.198. The van der Waals surface area contributed by atoms with E-state index < -0.39 is 0 Å². The van der Waals surface area contributed by atoms with Gasteiger partial charge in [-0.25, -0.2) is 0 Å². The topological polar surface area (TPSA) is 50.7 Å². The molecule has 2 N–H and O–H groups in total. The molecule has 0 aliphatic carbocycles. The molecule has 0 aliphatic rings. The first kappa shape index (κ1) is 16.3. The van der Waals surface area contributed by atoms with Gasteiger partial charge in [-0.05, 0) is 60.4 Å². The molecule has 0 aromatic heterocycles. The normalized spacial score (nSPS) is 10.5. The summed E-state index contributed by atoms with van der Waals surface area (Å²) in [6, 6.07) is 4.02. The van der Waals surface area contributed by atoms with Crippen LogP contribution in [-0.4, -0.2) is 32.0 Å². The Labute approximate surface area is 123 Å². The first-order valence-corrected chi connectivity index (χ1v) is 7.35. The van der Waals surface area contributed by atoms with Gasteiger partial charge in [-0.1, -0.05) is 0 Å². The van der Waals surface area contributed by atoms with Gasteiger partial charge in [-0.2, -0.15) is 0 Å². The zero-order valence-electron chi connectivity index (χ0n) is 11.5. The highest BCUT2D eigenvalue weighted by molar-refractivity contribution is 9.10. The molecule has 0 fully saturated rings. The highest BCUT2D eigenvalue weighted by Crippen LogP contribution is 2.37. The molecule has 0 amide bonds. The van der Waals surface area contributed by atoms with Crippen LogP contribution in [0.3, 0.4) is 0 Å². The van der Waals surface area contributed by atoms with E-state index in [1.54, 1.807) is 0 Å². The molecule has 108 valence electrons. The molecular formula is C14H22BrNO3. The van der Waals surface area contributed by atoms with Gasteiger partial charge in [0.1, 0.15) is 0 Å². The Balaban J connectivity index is 2.81. The van der Waals surface area contributed by atoms with E-state index in [-0.39, 0.29) is 6.61 Å². The van der Waals surface area contributed by atoms with Gasteiger partial charge in [-0.3, -0.25) is 0 Å². The smallest absolute Gasteiger partial charge is 0.175 e. The summed E-state index contributed by atoms with van der Waals surface area (Å²) in [6.07, 6.45) is 1.58. The van der Waals surface area contributed by atoms with Gasteiger partial charge >= 0.3 is 0 Å². The lowest BCUT2D eigenvalue weighted by molar-refractivity contribution is 0.242. The molecule has 0 heterocycles. The number of hydrogen-bond acceptors (Lipinski definition) is 4. The van der Waals surface area contributed by atoms with Crippen LogP contribution < -0.4 is 14.8 Å². The third-order valence-electron chi connectivity index (χ3n) is 2.55. The summed E-state index contributed by atoms with van der Waals surface area (Å²) in [5, 5.41) is 11.9. The van der Waals surface area contributed by atoms with E-state index in [1.807, 2.05) is 26.1 Å². The standard InChI is InChI=1S/C14H22BrNO3/c1-3-18-13-9-11(10-16-2)8-12(15)14(13)19-7-5-4-6-17/h8-9,16-17H,3-7,10H2,1-2H3. The Hall–Kier alpha value is -0.780. The fourth-order valence-corrected chi connectivity index (χ4v) is 2.32. The maximum absolute atomic E-state index is 8.76. The number of rotatable bonds is 9. The van der Waals surface area contributed by atoms with Crippen LogP contribution in [0.1, 0.15) is 25.3 Å². The van der Waals surface area contributed by atoms with Crippen molar-refractivity contribution in [3.05, 3.63) is 22.2 Å². The number of unbranched alkanes of at least 4 members (excludes halogenated alkanes) is 1. The number of nitrogens with one attached hydrogen (secondary N) is 1. The quantitative estimate of drug-likeness (QED) is 0.683. The van der Waals surface area contributed by atoms with Gasteiger partial charge in [0.05, 0.1) is 17.7 Å².